The van der Waals surface area contributed by atoms with Gasteiger partial charge in [-0.2, -0.15) is 0 Å². The second kappa shape index (κ2) is 7.34. The number of nitrogens with two attached hydrogens (primary N) is 1. The number of sulfonamides is 1. The van der Waals surface area contributed by atoms with Crippen molar-refractivity contribution in [3.63, 3.8) is 0 Å². The van der Waals surface area contributed by atoms with Gasteiger partial charge >= 0.3 is 0 Å². The third-order valence-electron chi connectivity index (χ3n) is 3.57. The molecule has 1 aliphatic rings. The normalized spacial score (nSPS) is 20.4. The molecule has 1 saturated carbocycles. The Kier molecular flexibility index (Phi) is 6.44. The summed E-state index contributed by atoms with van der Waals surface area (Å²) in [6.07, 6.45) is 6.81. The molecule has 17 heavy (non-hydrogen) atoms. The predicted molar refractivity (Wildman–Crippen MR) is 71.2 cm³/mol. The average Bonchev–Trinajstić information content (AvgIpc) is 2.35. The molecule has 0 aromatic carbocycles. The van der Waals surface area contributed by atoms with Gasteiger partial charge in [0.15, 0.2) is 0 Å². The number of nitrogens with one attached hydrogen (secondary N) is 1. The maximum Gasteiger partial charge on any atom is 0.214 e. The smallest absolute Gasteiger partial charge is 0.214 e. The molecule has 0 radical (unpaired) electrons. The molecule has 1 unspecified atom stereocenters. The van der Waals surface area contributed by atoms with Crippen LogP contribution in [0.15, 0.2) is 0 Å². The first-order valence-electron chi connectivity index (χ1n) is 6.75. The Balaban J connectivity index is 2.24. The molecule has 0 bridgehead atoms. The molecule has 1 aliphatic carbocycles. The van der Waals surface area contributed by atoms with Gasteiger partial charge in [-0.05, 0) is 38.1 Å². The maximum atomic E-state index is 12.0. The van der Waals surface area contributed by atoms with E-state index in [-0.39, 0.29) is 5.25 Å². The van der Waals surface area contributed by atoms with E-state index >= 15 is 0 Å². The lowest BCUT2D eigenvalue weighted by Gasteiger charge is -2.22. The lowest BCUT2D eigenvalue weighted by molar-refractivity contribution is 0.472. The molecule has 5 heteroatoms. The Labute approximate surface area is 105 Å². The van der Waals surface area contributed by atoms with Gasteiger partial charge in [0.25, 0.3) is 0 Å². The van der Waals surface area contributed by atoms with Gasteiger partial charge in [0.1, 0.15) is 0 Å². The molecule has 102 valence electrons. The van der Waals surface area contributed by atoms with Crippen LogP contribution in [-0.2, 0) is 10.0 Å². The highest BCUT2D eigenvalue weighted by molar-refractivity contribution is 7.90. The van der Waals surface area contributed by atoms with Crippen LogP contribution in [0.4, 0.5) is 0 Å². The van der Waals surface area contributed by atoms with E-state index in [1.54, 1.807) is 0 Å². The zero-order valence-corrected chi connectivity index (χ0v) is 11.6. The SMILES string of the molecule is CC(CN)CCCNS(=O)(=O)C1CCCCC1. The first-order valence-corrected chi connectivity index (χ1v) is 8.29. The maximum absolute atomic E-state index is 12.0. The van der Waals surface area contributed by atoms with Gasteiger partial charge in [0.2, 0.25) is 10.0 Å². The standard InChI is InChI=1S/C12H26N2O2S/c1-11(10-13)6-5-9-14-17(15,16)12-7-3-2-4-8-12/h11-12,14H,2-10,13H2,1H3. The summed E-state index contributed by atoms with van der Waals surface area (Å²) < 4.78 is 26.7. The summed E-state index contributed by atoms with van der Waals surface area (Å²) >= 11 is 0. The van der Waals surface area contributed by atoms with Crippen LogP contribution >= 0.6 is 0 Å². The fourth-order valence-corrected chi connectivity index (χ4v) is 3.89. The third-order valence-corrected chi connectivity index (χ3v) is 5.53. The summed E-state index contributed by atoms with van der Waals surface area (Å²) in [5, 5.41) is -0.150. The molecule has 1 fully saturated rings. The van der Waals surface area contributed by atoms with E-state index in [0.29, 0.717) is 19.0 Å². The molecule has 4 nitrogen and oxygen atoms in total. The van der Waals surface area contributed by atoms with Crippen LogP contribution < -0.4 is 10.5 Å². The largest absolute Gasteiger partial charge is 0.330 e. The van der Waals surface area contributed by atoms with Gasteiger partial charge in [-0.1, -0.05) is 26.2 Å². The van der Waals surface area contributed by atoms with Crippen molar-refractivity contribution in [1.82, 2.24) is 4.72 Å². The van der Waals surface area contributed by atoms with Gasteiger partial charge in [0, 0.05) is 6.54 Å². The quantitative estimate of drug-likeness (QED) is 0.685. The number of hydrogen-bond donors (Lipinski definition) is 2. The van der Waals surface area contributed by atoms with Gasteiger partial charge in [-0.25, -0.2) is 13.1 Å². The zero-order chi connectivity index (χ0) is 12.7. The molecular weight excluding hydrogens is 236 g/mol. The lowest BCUT2D eigenvalue weighted by atomic mass is 10.0. The first kappa shape index (κ1) is 14.9. The Morgan fingerprint density at radius 1 is 1.29 bits per heavy atom. The highest BCUT2D eigenvalue weighted by Crippen LogP contribution is 2.22. The van der Waals surface area contributed by atoms with E-state index in [1.807, 2.05) is 0 Å². The summed E-state index contributed by atoms with van der Waals surface area (Å²) in [6, 6.07) is 0. The summed E-state index contributed by atoms with van der Waals surface area (Å²) in [5.41, 5.74) is 5.52. The van der Waals surface area contributed by atoms with Crippen molar-refractivity contribution in [2.75, 3.05) is 13.1 Å². The highest BCUT2D eigenvalue weighted by Gasteiger charge is 2.26. The second-order valence-electron chi connectivity index (χ2n) is 5.18. The predicted octanol–water partition coefficient (Wildman–Crippen LogP) is 1.61. The topological polar surface area (TPSA) is 72.2 Å². The molecule has 0 aromatic heterocycles. The van der Waals surface area contributed by atoms with Crippen LogP contribution in [0.2, 0.25) is 0 Å². The molecule has 0 saturated heterocycles. The molecule has 1 rings (SSSR count). The first-order chi connectivity index (χ1) is 8.06. The van der Waals surface area contributed by atoms with Gasteiger partial charge in [0.05, 0.1) is 5.25 Å². The Morgan fingerprint density at radius 2 is 1.94 bits per heavy atom. The number of rotatable bonds is 7. The van der Waals surface area contributed by atoms with Crippen LogP contribution in [0.25, 0.3) is 0 Å². The zero-order valence-electron chi connectivity index (χ0n) is 10.8. The van der Waals surface area contributed by atoms with Crippen molar-refractivity contribution in [2.24, 2.45) is 11.7 Å². The average molecular weight is 262 g/mol. The Bertz CT molecular complexity index is 298. The van der Waals surface area contributed by atoms with E-state index in [2.05, 4.69) is 11.6 Å². The molecule has 0 heterocycles. The fourth-order valence-electron chi connectivity index (χ4n) is 2.28. The molecule has 0 aromatic rings. The molecule has 0 amide bonds. The Morgan fingerprint density at radius 3 is 2.53 bits per heavy atom. The van der Waals surface area contributed by atoms with Crippen LogP contribution in [0.3, 0.4) is 0 Å². The summed E-state index contributed by atoms with van der Waals surface area (Å²) in [7, 11) is -3.07. The lowest BCUT2D eigenvalue weighted by Crippen LogP contribution is -2.36. The minimum absolute atomic E-state index is 0.150. The number of hydrogen-bond acceptors (Lipinski definition) is 3. The van der Waals surface area contributed by atoms with E-state index < -0.39 is 10.0 Å². The van der Waals surface area contributed by atoms with Gasteiger partial charge < -0.3 is 5.73 Å². The molecule has 1 atom stereocenters. The molecular formula is C12H26N2O2S. The van der Waals surface area contributed by atoms with Gasteiger partial charge in [-0.15, -0.1) is 0 Å². The van der Waals surface area contributed by atoms with Crippen molar-refractivity contribution < 1.29 is 8.42 Å². The van der Waals surface area contributed by atoms with Crippen LogP contribution in [0.1, 0.15) is 51.9 Å². The highest BCUT2D eigenvalue weighted by atomic mass is 32.2. The molecule has 0 aliphatic heterocycles. The Hall–Kier alpha value is -0.130. The monoisotopic (exact) mass is 262 g/mol. The second-order valence-corrected chi connectivity index (χ2v) is 7.23. The minimum Gasteiger partial charge on any atom is -0.330 e. The van der Waals surface area contributed by atoms with Crippen LogP contribution in [0.5, 0.6) is 0 Å². The summed E-state index contributed by atoms with van der Waals surface area (Å²) in [6.45, 7) is 3.33. The van der Waals surface area contributed by atoms with Crippen LogP contribution in [-0.4, -0.2) is 26.8 Å². The third kappa shape index (κ3) is 5.36. The minimum atomic E-state index is -3.07. The summed E-state index contributed by atoms with van der Waals surface area (Å²) in [4.78, 5) is 0. The summed E-state index contributed by atoms with van der Waals surface area (Å²) in [5.74, 6) is 0.481. The van der Waals surface area contributed by atoms with E-state index in [9.17, 15) is 8.42 Å². The fraction of sp³-hybridized carbons (Fsp3) is 1.00. The van der Waals surface area contributed by atoms with Crippen LogP contribution in [0, 0.1) is 5.92 Å². The molecule has 0 spiro atoms. The van der Waals surface area contributed by atoms with E-state index in [0.717, 1.165) is 38.5 Å². The van der Waals surface area contributed by atoms with Gasteiger partial charge in [-0.3, -0.25) is 0 Å². The van der Waals surface area contributed by atoms with E-state index in [4.69, 9.17) is 5.73 Å². The van der Waals surface area contributed by atoms with Crippen molar-refractivity contribution >= 4 is 10.0 Å². The van der Waals surface area contributed by atoms with Crippen molar-refractivity contribution in [1.29, 1.82) is 0 Å². The van der Waals surface area contributed by atoms with Crippen molar-refractivity contribution in [3.8, 4) is 0 Å². The molecule has 3 N–H and O–H groups in total. The van der Waals surface area contributed by atoms with Crippen molar-refractivity contribution in [2.45, 2.75) is 57.1 Å². The van der Waals surface area contributed by atoms with E-state index in [1.165, 1.54) is 6.42 Å². The van der Waals surface area contributed by atoms with Crippen molar-refractivity contribution in [3.05, 3.63) is 0 Å².